The standard InChI is InChI=1S/C24H34FN5O2.HI/c1-2-26-24(29-14-11-22(12-15-29)32-18-23-4-3-17-31-23)27-13-9-20-10-16-30(28-20)21-7-5-19(25)6-8-21;/h5-8,10,16,22-23H,2-4,9,11-15,17-18H2,1H3,(H,26,27);1H. The van der Waals surface area contributed by atoms with Crippen LogP contribution in [0, 0.1) is 5.82 Å². The number of guanidine groups is 1. The van der Waals surface area contributed by atoms with Crippen LogP contribution in [0.15, 0.2) is 41.5 Å². The van der Waals surface area contributed by atoms with Crippen LogP contribution >= 0.6 is 24.0 Å². The monoisotopic (exact) mass is 571 g/mol. The molecule has 7 nitrogen and oxygen atoms in total. The van der Waals surface area contributed by atoms with Crippen LogP contribution in [0.2, 0.25) is 0 Å². The van der Waals surface area contributed by atoms with E-state index in [0.29, 0.717) is 18.8 Å². The van der Waals surface area contributed by atoms with Gasteiger partial charge in [-0.2, -0.15) is 5.10 Å². The molecule has 0 bridgehead atoms. The third-order valence-corrected chi connectivity index (χ3v) is 5.98. The molecule has 0 aliphatic carbocycles. The second-order valence-corrected chi connectivity index (χ2v) is 8.37. The van der Waals surface area contributed by atoms with Crippen molar-refractivity contribution in [2.24, 2.45) is 4.99 Å². The van der Waals surface area contributed by atoms with Gasteiger partial charge in [0, 0.05) is 45.4 Å². The van der Waals surface area contributed by atoms with Crippen molar-refractivity contribution in [1.29, 1.82) is 0 Å². The zero-order valence-electron chi connectivity index (χ0n) is 19.3. The Morgan fingerprint density at radius 1 is 1.21 bits per heavy atom. The molecule has 2 aliphatic heterocycles. The number of hydrogen-bond donors (Lipinski definition) is 1. The summed E-state index contributed by atoms with van der Waals surface area (Å²) < 4.78 is 26.6. The average molecular weight is 571 g/mol. The topological polar surface area (TPSA) is 63.9 Å². The first kappa shape index (κ1) is 25.9. The van der Waals surface area contributed by atoms with Crippen LogP contribution in [-0.4, -0.2) is 72.2 Å². The van der Waals surface area contributed by atoms with E-state index < -0.39 is 0 Å². The molecule has 9 heteroatoms. The number of halogens is 2. The lowest BCUT2D eigenvalue weighted by Gasteiger charge is -2.34. The van der Waals surface area contributed by atoms with Crippen molar-refractivity contribution in [1.82, 2.24) is 20.0 Å². The van der Waals surface area contributed by atoms with Crippen molar-refractivity contribution in [3.05, 3.63) is 48.0 Å². The van der Waals surface area contributed by atoms with Gasteiger partial charge >= 0.3 is 0 Å². The Balaban J connectivity index is 0.00000306. The molecule has 2 saturated heterocycles. The summed E-state index contributed by atoms with van der Waals surface area (Å²) in [4.78, 5) is 7.16. The number of nitrogens with zero attached hydrogens (tertiary/aromatic N) is 4. The zero-order chi connectivity index (χ0) is 22.2. The highest BCUT2D eigenvalue weighted by Crippen LogP contribution is 2.18. The number of benzene rings is 1. The number of nitrogens with one attached hydrogen (secondary N) is 1. The SMILES string of the molecule is CCNC(=NCCc1ccn(-c2ccc(F)cc2)n1)N1CCC(OCC2CCCO2)CC1.I. The van der Waals surface area contributed by atoms with Crippen LogP contribution < -0.4 is 5.32 Å². The predicted octanol–water partition coefficient (Wildman–Crippen LogP) is 3.80. The molecule has 1 aromatic heterocycles. The lowest BCUT2D eigenvalue weighted by molar-refractivity contribution is -0.0367. The van der Waals surface area contributed by atoms with Crippen LogP contribution in [0.1, 0.15) is 38.3 Å². The Morgan fingerprint density at radius 3 is 2.70 bits per heavy atom. The number of aliphatic imine (C=N–C) groups is 1. The predicted molar refractivity (Wildman–Crippen MR) is 138 cm³/mol. The molecule has 3 heterocycles. The molecule has 1 N–H and O–H groups in total. The fraction of sp³-hybridized carbons (Fsp3) is 0.583. The van der Waals surface area contributed by atoms with Crippen molar-refractivity contribution >= 4 is 29.9 Å². The van der Waals surface area contributed by atoms with Gasteiger partial charge in [0.15, 0.2) is 5.96 Å². The van der Waals surface area contributed by atoms with Crippen LogP contribution in [0.5, 0.6) is 0 Å². The van der Waals surface area contributed by atoms with Crippen molar-refractivity contribution in [2.75, 3.05) is 39.4 Å². The van der Waals surface area contributed by atoms with Gasteiger partial charge in [-0.1, -0.05) is 0 Å². The molecule has 1 aromatic carbocycles. The van der Waals surface area contributed by atoms with Gasteiger partial charge in [0.25, 0.3) is 0 Å². The second-order valence-electron chi connectivity index (χ2n) is 8.37. The van der Waals surface area contributed by atoms with Crippen LogP contribution in [0.25, 0.3) is 5.69 Å². The first-order chi connectivity index (χ1) is 15.7. The average Bonchev–Trinajstić information content (AvgIpc) is 3.50. The maximum atomic E-state index is 13.1. The highest BCUT2D eigenvalue weighted by molar-refractivity contribution is 14.0. The molecule has 0 spiro atoms. The molecule has 0 saturated carbocycles. The molecule has 0 amide bonds. The number of piperidine rings is 1. The van der Waals surface area contributed by atoms with Crippen LogP contribution in [0.3, 0.4) is 0 Å². The molecule has 0 radical (unpaired) electrons. The van der Waals surface area contributed by atoms with Gasteiger partial charge in [-0.3, -0.25) is 4.99 Å². The lowest BCUT2D eigenvalue weighted by atomic mass is 10.1. The summed E-state index contributed by atoms with van der Waals surface area (Å²) in [5, 5.41) is 8.01. The van der Waals surface area contributed by atoms with Crippen LogP contribution in [-0.2, 0) is 15.9 Å². The van der Waals surface area contributed by atoms with Crippen LogP contribution in [0.4, 0.5) is 4.39 Å². The Labute approximate surface area is 212 Å². The molecule has 1 atom stereocenters. The first-order valence-electron chi connectivity index (χ1n) is 11.8. The zero-order valence-corrected chi connectivity index (χ0v) is 21.6. The Morgan fingerprint density at radius 2 is 2.00 bits per heavy atom. The fourth-order valence-corrected chi connectivity index (χ4v) is 4.19. The van der Waals surface area contributed by atoms with Gasteiger partial charge in [0.05, 0.1) is 30.2 Å². The van der Waals surface area contributed by atoms with E-state index >= 15 is 0 Å². The van der Waals surface area contributed by atoms with E-state index in [4.69, 9.17) is 14.5 Å². The van der Waals surface area contributed by atoms with E-state index in [1.54, 1.807) is 16.8 Å². The van der Waals surface area contributed by atoms with Crippen molar-refractivity contribution < 1.29 is 13.9 Å². The summed E-state index contributed by atoms with van der Waals surface area (Å²) in [7, 11) is 0. The highest BCUT2D eigenvalue weighted by Gasteiger charge is 2.24. The highest BCUT2D eigenvalue weighted by atomic mass is 127. The molecule has 2 fully saturated rings. The fourth-order valence-electron chi connectivity index (χ4n) is 4.19. The third-order valence-electron chi connectivity index (χ3n) is 5.98. The molecular weight excluding hydrogens is 536 g/mol. The van der Waals surface area contributed by atoms with Crippen molar-refractivity contribution in [3.63, 3.8) is 0 Å². The summed E-state index contributed by atoms with van der Waals surface area (Å²) in [5.41, 5.74) is 1.81. The second kappa shape index (κ2) is 13.2. The molecule has 33 heavy (non-hydrogen) atoms. The lowest BCUT2D eigenvalue weighted by Crippen LogP contribution is -2.47. The van der Waals surface area contributed by atoms with Crippen molar-refractivity contribution in [2.45, 2.75) is 51.2 Å². The smallest absolute Gasteiger partial charge is 0.193 e. The van der Waals surface area contributed by atoms with Gasteiger partial charge < -0.3 is 19.7 Å². The Bertz CT molecular complexity index is 862. The minimum absolute atomic E-state index is 0. The molecule has 1 unspecified atom stereocenters. The number of rotatable bonds is 8. The van der Waals surface area contributed by atoms with E-state index in [1.165, 1.54) is 12.1 Å². The van der Waals surface area contributed by atoms with Gasteiger partial charge in [-0.05, 0) is 62.9 Å². The summed E-state index contributed by atoms with van der Waals surface area (Å²) in [6.45, 7) is 7.09. The largest absolute Gasteiger partial charge is 0.376 e. The first-order valence-corrected chi connectivity index (χ1v) is 11.8. The number of hydrogen-bond acceptors (Lipinski definition) is 4. The number of ether oxygens (including phenoxy) is 2. The third kappa shape index (κ3) is 7.65. The molecule has 182 valence electrons. The molecule has 2 aromatic rings. The minimum Gasteiger partial charge on any atom is -0.376 e. The molecule has 4 rings (SSSR count). The maximum Gasteiger partial charge on any atom is 0.193 e. The summed E-state index contributed by atoms with van der Waals surface area (Å²) in [6, 6.07) is 8.33. The minimum atomic E-state index is -0.246. The van der Waals surface area contributed by atoms with E-state index in [1.807, 2.05) is 12.3 Å². The summed E-state index contributed by atoms with van der Waals surface area (Å²) in [6.07, 6.45) is 7.56. The van der Waals surface area contributed by atoms with Gasteiger partial charge in [-0.15, -0.1) is 24.0 Å². The Kier molecular flexibility index (Phi) is 10.4. The normalized spacial score (nSPS) is 19.5. The van der Waals surface area contributed by atoms with Gasteiger partial charge in [-0.25, -0.2) is 9.07 Å². The van der Waals surface area contributed by atoms with Gasteiger partial charge in [0.2, 0.25) is 0 Å². The van der Waals surface area contributed by atoms with Crippen molar-refractivity contribution in [3.8, 4) is 5.69 Å². The quantitative estimate of drug-likeness (QED) is 0.297. The number of aromatic nitrogens is 2. The van der Waals surface area contributed by atoms with E-state index in [2.05, 4.69) is 22.2 Å². The number of likely N-dealkylation sites (tertiary alicyclic amines) is 1. The van der Waals surface area contributed by atoms with Gasteiger partial charge in [0.1, 0.15) is 5.82 Å². The Hall–Kier alpha value is -1.72. The van der Waals surface area contributed by atoms with E-state index in [0.717, 1.165) is 82.3 Å². The summed E-state index contributed by atoms with van der Waals surface area (Å²) in [5.74, 6) is 0.716. The molecule has 2 aliphatic rings. The maximum absolute atomic E-state index is 13.1. The van der Waals surface area contributed by atoms with E-state index in [-0.39, 0.29) is 29.8 Å². The summed E-state index contributed by atoms with van der Waals surface area (Å²) >= 11 is 0. The molecular formula is C24H35FIN5O2. The van der Waals surface area contributed by atoms with E-state index in [9.17, 15) is 4.39 Å².